The minimum Gasteiger partial charge on any atom is -0.313 e. The van der Waals surface area contributed by atoms with Gasteiger partial charge >= 0.3 is 0 Å². The van der Waals surface area contributed by atoms with Gasteiger partial charge in [-0.3, -0.25) is 0 Å². The van der Waals surface area contributed by atoms with Crippen LogP contribution in [0.4, 0.5) is 0 Å². The van der Waals surface area contributed by atoms with Crippen LogP contribution in [0.2, 0.25) is 0 Å². The summed E-state index contributed by atoms with van der Waals surface area (Å²) in [5.74, 6) is 0.912. The number of likely N-dealkylation sites (N-methyl/N-ethyl adjacent to an activating group) is 1. The predicted octanol–water partition coefficient (Wildman–Crippen LogP) is 2.04. The molecule has 0 aromatic carbocycles. The third-order valence-electron chi connectivity index (χ3n) is 4.12. The van der Waals surface area contributed by atoms with Gasteiger partial charge in [0, 0.05) is 19.1 Å². The highest BCUT2D eigenvalue weighted by Crippen LogP contribution is 2.16. The zero-order valence-corrected chi connectivity index (χ0v) is 12.9. The Morgan fingerprint density at radius 2 is 1.94 bits per heavy atom. The van der Waals surface area contributed by atoms with Gasteiger partial charge in [-0.15, -0.1) is 0 Å². The average molecular weight is 255 g/mol. The van der Waals surface area contributed by atoms with Crippen molar-refractivity contribution in [2.75, 3.05) is 46.8 Å². The predicted molar refractivity (Wildman–Crippen MR) is 80.1 cm³/mol. The summed E-state index contributed by atoms with van der Waals surface area (Å²) < 4.78 is 0. The molecule has 108 valence electrons. The first-order valence-electron chi connectivity index (χ1n) is 7.76. The van der Waals surface area contributed by atoms with Crippen LogP contribution < -0.4 is 5.32 Å². The summed E-state index contributed by atoms with van der Waals surface area (Å²) >= 11 is 0. The van der Waals surface area contributed by atoms with Crippen LogP contribution in [0, 0.1) is 5.92 Å². The minimum atomic E-state index is 0.668. The van der Waals surface area contributed by atoms with Crippen molar-refractivity contribution < 1.29 is 0 Å². The van der Waals surface area contributed by atoms with Crippen molar-refractivity contribution in [3.63, 3.8) is 0 Å². The molecule has 3 nitrogen and oxygen atoms in total. The molecule has 1 unspecified atom stereocenters. The fourth-order valence-corrected chi connectivity index (χ4v) is 2.82. The second kappa shape index (κ2) is 8.89. The lowest BCUT2D eigenvalue weighted by Crippen LogP contribution is -2.42. The summed E-state index contributed by atoms with van der Waals surface area (Å²) in [5.41, 5.74) is 0. The maximum atomic E-state index is 3.64. The van der Waals surface area contributed by atoms with Gasteiger partial charge in [-0.2, -0.15) is 0 Å². The van der Waals surface area contributed by atoms with Crippen LogP contribution in [-0.4, -0.2) is 62.7 Å². The summed E-state index contributed by atoms with van der Waals surface area (Å²) in [6, 6.07) is 0.668. The highest BCUT2D eigenvalue weighted by Gasteiger charge is 2.19. The normalized spacial score (nSPS) is 20.5. The Hall–Kier alpha value is -0.120. The first-order valence-corrected chi connectivity index (χ1v) is 7.76. The SMILES string of the molecule is CCCNC(CC)CN(C)CC1CCN(C)CC1. The quantitative estimate of drug-likeness (QED) is 0.716. The van der Waals surface area contributed by atoms with E-state index in [9.17, 15) is 0 Å². The van der Waals surface area contributed by atoms with E-state index in [1.165, 1.54) is 51.9 Å². The van der Waals surface area contributed by atoms with Crippen LogP contribution in [0.1, 0.15) is 39.5 Å². The molecule has 0 spiro atoms. The van der Waals surface area contributed by atoms with Gasteiger partial charge in [0.1, 0.15) is 0 Å². The summed E-state index contributed by atoms with van der Waals surface area (Å²) in [4.78, 5) is 4.99. The Kier molecular flexibility index (Phi) is 7.87. The lowest BCUT2D eigenvalue weighted by atomic mass is 9.96. The van der Waals surface area contributed by atoms with E-state index >= 15 is 0 Å². The Morgan fingerprint density at radius 1 is 1.28 bits per heavy atom. The first-order chi connectivity index (χ1) is 8.65. The molecule has 0 radical (unpaired) electrons. The van der Waals surface area contributed by atoms with Gasteiger partial charge in [0.2, 0.25) is 0 Å². The van der Waals surface area contributed by atoms with Crippen molar-refractivity contribution >= 4 is 0 Å². The molecule has 0 aromatic heterocycles. The van der Waals surface area contributed by atoms with E-state index in [-0.39, 0.29) is 0 Å². The molecular formula is C15H33N3. The van der Waals surface area contributed by atoms with E-state index in [4.69, 9.17) is 0 Å². The van der Waals surface area contributed by atoms with E-state index < -0.39 is 0 Å². The number of likely N-dealkylation sites (tertiary alicyclic amines) is 1. The van der Waals surface area contributed by atoms with E-state index in [0.717, 1.165) is 12.5 Å². The van der Waals surface area contributed by atoms with E-state index in [1.807, 2.05) is 0 Å². The molecule has 0 aliphatic carbocycles. The van der Waals surface area contributed by atoms with Gasteiger partial charge in [0.05, 0.1) is 0 Å². The Bertz CT molecular complexity index is 193. The molecule has 1 atom stereocenters. The number of nitrogens with zero attached hydrogens (tertiary/aromatic N) is 2. The summed E-state index contributed by atoms with van der Waals surface area (Å²) in [6.07, 6.45) is 5.22. The number of piperidine rings is 1. The molecule has 1 aliphatic rings. The smallest absolute Gasteiger partial charge is 0.0192 e. The monoisotopic (exact) mass is 255 g/mol. The fraction of sp³-hybridized carbons (Fsp3) is 1.00. The maximum absolute atomic E-state index is 3.64. The van der Waals surface area contributed by atoms with Crippen LogP contribution >= 0.6 is 0 Å². The molecule has 1 heterocycles. The maximum Gasteiger partial charge on any atom is 0.0192 e. The van der Waals surface area contributed by atoms with Crippen LogP contribution in [0.5, 0.6) is 0 Å². The van der Waals surface area contributed by atoms with E-state index in [1.54, 1.807) is 0 Å². The zero-order valence-electron chi connectivity index (χ0n) is 12.9. The zero-order chi connectivity index (χ0) is 13.4. The highest BCUT2D eigenvalue weighted by atomic mass is 15.1. The molecule has 0 amide bonds. The van der Waals surface area contributed by atoms with Crippen LogP contribution in [0.3, 0.4) is 0 Å². The molecule has 0 aromatic rings. The molecule has 1 saturated heterocycles. The van der Waals surface area contributed by atoms with Gasteiger partial charge in [-0.05, 0) is 65.3 Å². The molecule has 0 saturated carbocycles. The molecular weight excluding hydrogens is 222 g/mol. The van der Waals surface area contributed by atoms with E-state index in [2.05, 4.69) is 43.1 Å². The molecule has 1 N–H and O–H groups in total. The third kappa shape index (κ3) is 6.17. The lowest BCUT2D eigenvalue weighted by molar-refractivity contribution is 0.168. The van der Waals surface area contributed by atoms with Crippen molar-refractivity contribution in [1.82, 2.24) is 15.1 Å². The van der Waals surface area contributed by atoms with Gasteiger partial charge < -0.3 is 15.1 Å². The average Bonchev–Trinajstić information content (AvgIpc) is 2.37. The summed E-state index contributed by atoms with van der Waals surface area (Å²) in [6.45, 7) is 10.7. The second-order valence-corrected chi connectivity index (χ2v) is 6.03. The molecule has 1 rings (SSSR count). The van der Waals surface area contributed by atoms with Crippen molar-refractivity contribution in [3.8, 4) is 0 Å². The van der Waals surface area contributed by atoms with Gasteiger partial charge in [-0.1, -0.05) is 13.8 Å². The fourth-order valence-electron chi connectivity index (χ4n) is 2.82. The largest absolute Gasteiger partial charge is 0.313 e. The number of hydrogen-bond donors (Lipinski definition) is 1. The van der Waals surface area contributed by atoms with Gasteiger partial charge in [-0.25, -0.2) is 0 Å². The van der Waals surface area contributed by atoms with Gasteiger partial charge in [0.25, 0.3) is 0 Å². The summed E-state index contributed by atoms with van der Waals surface area (Å²) in [7, 11) is 4.52. The third-order valence-corrected chi connectivity index (χ3v) is 4.12. The number of rotatable bonds is 8. The molecule has 1 fully saturated rings. The summed E-state index contributed by atoms with van der Waals surface area (Å²) in [5, 5.41) is 3.64. The standard InChI is InChI=1S/C15H33N3/c1-5-9-16-15(6-2)13-18(4)12-14-7-10-17(3)11-8-14/h14-16H,5-13H2,1-4H3. The van der Waals surface area contributed by atoms with E-state index in [0.29, 0.717) is 6.04 Å². The Morgan fingerprint density at radius 3 is 2.50 bits per heavy atom. The van der Waals surface area contributed by atoms with Crippen molar-refractivity contribution in [1.29, 1.82) is 0 Å². The molecule has 0 bridgehead atoms. The van der Waals surface area contributed by atoms with Gasteiger partial charge in [0.15, 0.2) is 0 Å². The second-order valence-electron chi connectivity index (χ2n) is 6.03. The first kappa shape index (κ1) is 15.9. The molecule has 18 heavy (non-hydrogen) atoms. The van der Waals surface area contributed by atoms with Crippen LogP contribution in [0.15, 0.2) is 0 Å². The Labute approximate surface area is 114 Å². The topological polar surface area (TPSA) is 18.5 Å². The van der Waals surface area contributed by atoms with Crippen LogP contribution in [0.25, 0.3) is 0 Å². The molecule has 3 heteroatoms. The Balaban J connectivity index is 2.20. The number of hydrogen-bond acceptors (Lipinski definition) is 3. The number of nitrogens with one attached hydrogen (secondary N) is 1. The minimum absolute atomic E-state index is 0.668. The lowest BCUT2D eigenvalue weighted by Gasteiger charge is -2.33. The highest BCUT2D eigenvalue weighted by molar-refractivity contribution is 4.75. The molecule has 1 aliphatic heterocycles. The van der Waals surface area contributed by atoms with Crippen molar-refractivity contribution in [2.45, 2.75) is 45.6 Å². The van der Waals surface area contributed by atoms with Crippen LogP contribution in [-0.2, 0) is 0 Å². The van der Waals surface area contributed by atoms with Crippen molar-refractivity contribution in [3.05, 3.63) is 0 Å². The van der Waals surface area contributed by atoms with Crippen molar-refractivity contribution in [2.24, 2.45) is 5.92 Å².